The van der Waals surface area contributed by atoms with E-state index in [-0.39, 0.29) is 17.1 Å². The standard InChI is InChI=1S/C19H12N4O2/c20-10-13-17(21)23-16(15(24)11-6-2-1-3-7-11)19(13)12-8-4-5-9-14(12)22-18(19)25/h1-9H,21H2,(H,22,25). The summed E-state index contributed by atoms with van der Waals surface area (Å²) in [4.78, 5) is 30.1. The number of anilines is 1. The molecule has 3 N–H and O–H groups in total. The first kappa shape index (κ1) is 14.8. The van der Waals surface area contributed by atoms with Gasteiger partial charge in [0.25, 0.3) is 0 Å². The van der Waals surface area contributed by atoms with Crippen molar-refractivity contribution in [2.75, 3.05) is 5.32 Å². The second-order valence-electron chi connectivity index (χ2n) is 5.78. The zero-order valence-electron chi connectivity index (χ0n) is 13.0. The molecule has 1 unspecified atom stereocenters. The minimum Gasteiger partial charge on any atom is -0.383 e. The number of nitrogens with zero attached hydrogens (tertiary/aromatic N) is 2. The number of Topliss-reactive ketones (excluding diaryl/α,β-unsaturated/α-hetero) is 1. The van der Waals surface area contributed by atoms with E-state index in [1.54, 1.807) is 54.6 Å². The molecule has 0 aliphatic carbocycles. The maximum atomic E-state index is 13.1. The number of nitriles is 1. The fraction of sp³-hybridized carbons (Fsp3) is 0.0526. The molecule has 1 amide bonds. The van der Waals surface area contributed by atoms with E-state index in [1.165, 1.54) is 0 Å². The lowest BCUT2D eigenvalue weighted by Crippen LogP contribution is -2.45. The number of fused-ring (bicyclic) bond motifs is 2. The van der Waals surface area contributed by atoms with Crippen molar-refractivity contribution in [1.82, 2.24) is 0 Å². The first-order valence-corrected chi connectivity index (χ1v) is 7.61. The van der Waals surface area contributed by atoms with Gasteiger partial charge in [0.2, 0.25) is 11.7 Å². The summed E-state index contributed by atoms with van der Waals surface area (Å²) >= 11 is 0. The number of carbonyl (C=O) groups is 2. The molecule has 2 aromatic rings. The number of carbonyl (C=O) groups excluding carboxylic acids is 2. The van der Waals surface area contributed by atoms with Crippen LogP contribution in [0.2, 0.25) is 0 Å². The van der Waals surface area contributed by atoms with Gasteiger partial charge >= 0.3 is 0 Å². The van der Waals surface area contributed by atoms with Crippen LogP contribution in [0.5, 0.6) is 0 Å². The van der Waals surface area contributed by atoms with Gasteiger partial charge < -0.3 is 11.1 Å². The van der Waals surface area contributed by atoms with Crippen LogP contribution in [0.25, 0.3) is 0 Å². The molecular formula is C19H12N4O2. The molecule has 2 aromatic carbocycles. The number of benzene rings is 2. The number of para-hydroxylation sites is 1. The van der Waals surface area contributed by atoms with Gasteiger partial charge in [-0.1, -0.05) is 48.5 Å². The molecule has 1 atom stereocenters. The number of nitrogens with one attached hydrogen (secondary N) is 1. The molecule has 6 nitrogen and oxygen atoms in total. The average Bonchev–Trinajstić information content (AvgIpc) is 3.10. The molecule has 25 heavy (non-hydrogen) atoms. The van der Waals surface area contributed by atoms with Crippen LogP contribution in [-0.4, -0.2) is 17.4 Å². The maximum absolute atomic E-state index is 13.1. The van der Waals surface area contributed by atoms with Crippen molar-refractivity contribution in [2.45, 2.75) is 5.41 Å². The zero-order valence-corrected chi connectivity index (χ0v) is 13.0. The van der Waals surface area contributed by atoms with Crippen molar-refractivity contribution >= 4 is 23.1 Å². The molecule has 0 bridgehead atoms. The Morgan fingerprint density at radius 2 is 1.80 bits per heavy atom. The molecule has 0 saturated heterocycles. The Morgan fingerprint density at radius 1 is 1.12 bits per heavy atom. The molecule has 4 rings (SSSR count). The Kier molecular flexibility index (Phi) is 3.05. The van der Waals surface area contributed by atoms with Crippen molar-refractivity contribution < 1.29 is 9.59 Å². The summed E-state index contributed by atoms with van der Waals surface area (Å²) < 4.78 is 0. The predicted octanol–water partition coefficient (Wildman–Crippen LogP) is 1.91. The highest BCUT2D eigenvalue weighted by Gasteiger charge is 2.59. The van der Waals surface area contributed by atoms with Crippen LogP contribution in [0.15, 0.2) is 71.0 Å². The largest absolute Gasteiger partial charge is 0.383 e. The summed E-state index contributed by atoms with van der Waals surface area (Å²) in [6, 6.07) is 17.4. The van der Waals surface area contributed by atoms with Gasteiger partial charge in [0.15, 0.2) is 5.41 Å². The molecule has 0 radical (unpaired) electrons. The third-order valence-electron chi connectivity index (χ3n) is 4.50. The van der Waals surface area contributed by atoms with Crippen LogP contribution in [0.4, 0.5) is 5.69 Å². The highest BCUT2D eigenvalue weighted by atomic mass is 16.2. The Balaban J connectivity index is 1.98. The molecule has 6 heteroatoms. The number of nitrogens with two attached hydrogens (primary N) is 1. The van der Waals surface area contributed by atoms with Gasteiger partial charge in [-0.05, 0) is 6.07 Å². The highest BCUT2D eigenvalue weighted by Crippen LogP contribution is 2.48. The van der Waals surface area contributed by atoms with Crippen LogP contribution in [0, 0.1) is 11.3 Å². The van der Waals surface area contributed by atoms with Crippen molar-refractivity contribution in [3.05, 3.63) is 77.1 Å². The van der Waals surface area contributed by atoms with E-state index >= 15 is 0 Å². The molecule has 0 aromatic heterocycles. The van der Waals surface area contributed by atoms with Gasteiger partial charge in [0, 0.05) is 16.8 Å². The van der Waals surface area contributed by atoms with Crippen LogP contribution < -0.4 is 11.1 Å². The van der Waals surface area contributed by atoms with E-state index in [1.807, 2.05) is 6.07 Å². The Hall–Kier alpha value is -3.72. The van der Waals surface area contributed by atoms with Crippen molar-refractivity contribution in [2.24, 2.45) is 10.7 Å². The first-order valence-electron chi connectivity index (χ1n) is 7.61. The minimum atomic E-state index is -1.59. The van der Waals surface area contributed by atoms with Gasteiger partial charge in [-0.2, -0.15) is 5.26 Å². The molecule has 2 aliphatic rings. The van der Waals surface area contributed by atoms with Crippen molar-refractivity contribution in [1.29, 1.82) is 5.26 Å². The SMILES string of the molecule is N#CC1=C(N)N=C(C(=O)c2ccccc2)C12C(=O)Nc1ccccc12. The van der Waals surface area contributed by atoms with E-state index in [4.69, 9.17) is 5.73 Å². The summed E-state index contributed by atoms with van der Waals surface area (Å²) in [5.41, 5.74) is 5.69. The van der Waals surface area contributed by atoms with Crippen LogP contribution in [0.1, 0.15) is 15.9 Å². The summed E-state index contributed by atoms with van der Waals surface area (Å²) in [7, 11) is 0. The van der Waals surface area contributed by atoms with E-state index in [0.29, 0.717) is 16.8 Å². The van der Waals surface area contributed by atoms with Crippen LogP contribution >= 0.6 is 0 Å². The Morgan fingerprint density at radius 3 is 2.52 bits per heavy atom. The average molecular weight is 328 g/mol. The lowest BCUT2D eigenvalue weighted by Gasteiger charge is -2.23. The zero-order chi connectivity index (χ0) is 17.6. The van der Waals surface area contributed by atoms with Gasteiger partial charge in [-0.25, -0.2) is 4.99 Å². The van der Waals surface area contributed by atoms with Crippen LogP contribution in [0.3, 0.4) is 0 Å². The molecule has 0 fully saturated rings. The van der Waals surface area contributed by atoms with Gasteiger partial charge in [0.05, 0.1) is 5.57 Å². The highest BCUT2D eigenvalue weighted by molar-refractivity contribution is 6.55. The summed E-state index contributed by atoms with van der Waals surface area (Å²) in [6.45, 7) is 0. The van der Waals surface area contributed by atoms with E-state index in [0.717, 1.165) is 0 Å². The van der Waals surface area contributed by atoms with E-state index < -0.39 is 17.1 Å². The smallest absolute Gasteiger partial charge is 0.246 e. The van der Waals surface area contributed by atoms with E-state index in [2.05, 4.69) is 10.3 Å². The monoisotopic (exact) mass is 328 g/mol. The summed E-state index contributed by atoms with van der Waals surface area (Å²) in [6.07, 6.45) is 0. The fourth-order valence-electron chi connectivity index (χ4n) is 3.40. The topological polar surface area (TPSA) is 108 Å². The molecule has 1 spiro atoms. The summed E-state index contributed by atoms with van der Waals surface area (Å²) in [5, 5.41) is 12.4. The second kappa shape index (κ2) is 5.14. The lowest BCUT2D eigenvalue weighted by molar-refractivity contribution is -0.117. The molecular weight excluding hydrogens is 316 g/mol. The normalized spacial score (nSPS) is 20.9. The predicted molar refractivity (Wildman–Crippen MR) is 91.8 cm³/mol. The lowest BCUT2D eigenvalue weighted by atomic mass is 9.71. The van der Waals surface area contributed by atoms with Crippen molar-refractivity contribution in [3.8, 4) is 6.07 Å². The number of rotatable bonds is 2. The maximum Gasteiger partial charge on any atom is 0.246 e. The quantitative estimate of drug-likeness (QED) is 0.821. The third-order valence-corrected chi connectivity index (χ3v) is 4.50. The summed E-state index contributed by atoms with van der Waals surface area (Å²) in [5.74, 6) is -1.02. The number of hydrogen-bond acceptors (Lipinski definition) is 5. The number of aliphatic imine (C=N–C) groups is 1. The van der Waals surface area contributed by atoms with Crippen LogP contribution in [-0.2, 0) is 10.2 Å². The minimum absolute atomic E-state index is 0.0192. The van der Waals surface area contributed by atoms with Gasteiger partial charge in [0.1, 0.15) is 17.6 Å². The third kappa shape index (κ3) is 1.80. The van der Waals surface area contributed by atoms with Crippen molar-refractivity contribution in [3.63, 3.8) is 0 Å². The number of hydrogen-bond donors (Lipinski definition) is 2. The molecule has 0 saturated carbocycles. The first-order chi connectivity index (χ1) is 12.1. The fourth-order valence-corrected chi connectivity index (χ4v) is 3.40. The van der Waals surface area contributed by atoms with E-state index in [9.17, 15) is 14.9 Å². The second-order valence-corrected chi connectivity index (χ2v) is 5.78. The molecule has 2 heterocycles. The molecule has 120 valence electrons. The number of ketones is 1. The molecule has 2 aliphatic heterocycles. The van der Waals surface area contributed by atoms with Gasteiger partial charge in [-0.15, -0.1) is 0 Å². The Bertz CT molecular complexity index is 1030. The van der Waals surface area contributed by atoms with Gasteiger partial charge in [-0.3, -0.25) is 9.59 Å². The number of amides is 1. The Labute approximate surface area is 143 Å².